The lowest BCUT2D eigenvalue weighted by molar-refractivity contribution is 0.00578. The Balaban J connectivity index is 1.88. The molecule has 146 valence electrons. The van der Waals surface area contributed by atoms with Gasteiger partial charge >= 0.3 is 14.2 Å². The third kappa shape index (κ3) is 3.67. The largest absolute Gasteiger partial charge is 0.489 e. The number of allylic oxidation sites excluding steroid dienone is 1. The van der Waals surface area contributed by atoms with Crippen LogP contribution >= 0.6 is 0 Å². The van der Waals surface area contributed by atoms with Crippen molar-refractivity contribution in [2.24, 2.45) is 5.92 Å². The molecule has 0 N–H and O–H groups in total. The van der Waals surface area contributed by atoms with Crippen LogP contribution in [-0.2, 0) is 18.6 Å². The maximum absolute atomic E-state index is 6.39. The van der Waals surface area contributed by atoms with E-state index in [1.54, 1.807) is 0 Å². The first-order chi connectivity index (χ1) is 11.8. The number of rotatable bonds is 3. The molecule has 0 amide bonds. The van der Waals surface area contributed by atoms with Crippen molar-refractivity contribution in [2.75, 3.05) is 0 Å². The molecule has 0 aromatic rings. The van der Waals surface area contributed by atoms with Gasteiger partial charge < -0.3 is 18.6 Å². The zero-order valence-corrected chi connectivity index (χ0v) is 18.0. The van der Waals surface area contributed by atoms with Gasteiger partial charge in [0.15, 0.2) is 0 Å². The molecule has 4 nitrogen and oxygen atoms in total. The Morgan fingerprint density at radius 3 is 1.58 bits per heavy atom. The molecular formula is C20H36B2O4. The SMILES string of the molecule is CC1(C)OB(/C=C(/B2OC(C)(C)C(C)(C)O2)C2CCCCC2)OC1(C)C. The average Bonchev–Trinajstić information content (AvgIpc) is 2.85. The van der Waals surface area contributed by atoms with Crippen molar-refractivity contribution < 1.29 is 18.6 Å². The summed E-state index contributed by atoms with van der Waals surface area (Å²) in [6.45, 7) is 16.8. The minimum atomic E-state index is -0.351. The van der Waals surface area contributed by atoms with Crippen LogP contribution < -0.4 is 0 Å². The van der Waals surface area contributed by atoms with Gasteiger partial charge in [0.25, 0.3) is 0 Å². The fraction of sp³-hybridized carbons (Fsp3) is 0.900. The van der Waals surface area contributed by atoms with Crippen molar-refractivity contribution in [1.82, 2.24) is 0 Å². The van der Waals surface area contributed by atoms with Crippen LogP contribution in [0.15, 0.2) is 11.4 Å². The first-order valence-electron chi connectivity index (χ1n) is 10.3. The molecule has 0 spiro atoms. The minimum absolute atomic E-state index is 0.317. The summed E-state index contributed by atoms with van der Waals surface area (Å²) in [5.74, 6) is 2.63. The van der Waals surface area contributed by atoms with Gasteiger partial charge in [-0.05, 0) is 79.6 Å². The molecule has 3 fully saturated rings. The van der Waals surface area contributed by atoms with E-state index in [4.69, 9.17) is 18.6 Å². The molecular weight excluding hydrogens is 326 g/mol. The molecule has 2 aliphatic heterocycles. The summed E-state index contributed by atoms with van der Waals surface area (Å²) in [7, 11) is -0.668. The summed E-state index contributed by atoms with van der Waals surface area (Å²) in [5, 5.41) is 0. The lowest BCUT2D eigenvalue weighted by atomic mass is 9.62. The highest BCUT2D eigenvalue weighted by Crippen LogP contribution is 2.43. The van der Waals surface area contributed by atoms with Crippen molar-refractivity contribution in [3.05, 3.63) is 11.4 Å². The number of hydrogen-bond donors (Lipinski definition) is 0. The van der Waals surface area contributed by atoms with Crippen LogP contribution in [0.3, 0.4) is 0 Å². The summed E-state index contributed by atoms with van der Waals surface area (Å²) in [5.41, 5.74) is -0.117. The molecule has 6 heteroatoms. The molecule has 0 atom stereocenters. The molecule has 0 aromatic carbocycles. The van der Waals surface area contributed by atoms with Gasteiger partial charge in [0.2, 0.25) is 0 Å². The molecule has 0 bridgehead atoms. The fourth-order valence-electron chi connectivity index (χ4n) is 3.94. The highest BCUT2D eigenvalue weighted by atomic mass is 16.7. The Bertz CT molecular complexity index is 530. The summed E-state index contributed by atoms with van der Waals surface area (Å²) in [6, 6.07) is 0. The van der Waals surface area contributed by atoms with Gasteiger partial charge in [0, 0.05) is 0 Å². The second kappa shape index (κ2) is 6.65. The van der Waals surface area contributed by atoms with Crippen LogP contribution in [0.4, 0.5) is 0 Å². The highest BCUT2D eigenvalue weighted by molar-refractivity contribution is 6.60. The second-order valence-electron chi connectivity index (χ2n) is 10.2. The molecule has 3 aliphatic rings. The minimum Gasteiger partial charge on any atom is -0.400 e. The van der Waals surface area contributed by atoms with Crippen LogP contribution in [0.2, 0.25) is 0 Å². The van der Waals surface area contributed by atoms with Crippen molar-refractivity contribution >= 4 is 14.2 Å². The molecule has 2 heterocycles. The summed E-state index contributed by atoms with van der Waals surface area (Å²) in [4.78, 5) is 0. The van der Waals surface area contributed by atoms with Crippen LogP contribution in [0.1, 0.15) is 87.5 Å². The van der Waals surface area contributed by atoms with Gasteiger partial charge in [-0.1, -0.05) is 25.2 Å². The summed E-state index contributed by atoms with van der Waals surface area (Å²) >= 11 is 0. The first kappa shape index (κ1) is 20.4. The predicted molar refractivity (Wildman–Crippen MR) is 107 cm³/mol. The zero-order valence-electron chi connectivity index (χ0n) is 18.0. The van der Waals surface area contributed by atoms with E-state index >= 15 is 0 Å². The lowest BCUT2D eigenvalue weighted by Gasteiger charge is -2.32. The van der Waals surface area contributed by atoms with E-state index in [0.29, 0.717) is 5.92 Å². The van der Waals surface area contributed by atoms with E-state index in [0.717, 1.165) is 0 Å². The van der Waals surface area contributed by atoms with Crippen molar-refractivity contribution in [3.8, 4) is 0 Å². The van der Waals surface area contributed by atoms with Gasteiger partial charge in [-0.3, -0.25) is 0 Å². The van der Waals surface area contributed by atoms with Gasteiger partial charge in [0.05, 0.1) is 22.4 Å². The van der Waals surface area contributed by atoms with Crippen molar-refractivity contribution in [3.63, 3.8) is 0 Å². The van der Waals surface area contributed by atoms with Crippen molar-refractivity contribution in [2.45, 2.75) is 110 Å². The Morgan fingerprint density at radius 2 is 1.12 bits per heavy atom. The van der Waals surface area contributed by atoms with Gasteiger partial charge in [-0.15, -0.1) is 0 Å². The summed E-state index contributed by atoms with van der Waals surface area (Å²) < 4.78 is 25.3. The molecule has 0 aromatic heterocycles. The molecule has 2 saturated heterocycles. The smallest absolute Gasteiger partial charge is 0.400 e. The average molecular weight is 362 g/mol. The third-order valence-electron chi connectivity index (χ3n) is 7.20. The first-order valence-corrected chi connectivity index (χ1v) is 10.3. The highest BCUT2D eigenvalue weighted by Gasteiger charge is 2.55. The van der Waals surface area contributed by atoms with Crippen LogP contribution in [0, 0.1) is 5.92 Å². The Morgan fingerprint density at radius 1 is 0.692 bits per heavy atom. The normalized spacial score (nSPS) is 30.8. The Kier molecular flexibility index (Phi) is 5.23. The Labute approximate surface area is 160 Å². The van der Waals surface area contributed by atoms with Gasteiger partial charge in [-0.2, -0.15) is 0 Å². The monoisotopic (exact) mass is 362 g/mol. The van der Waals surface area contributed by atoms with Gasteiger partial charge in [-0.25, -0.2) is 0 Å². The second-order valence-corrected chi connectivity index (χ2v) is 10.2. The molecule has 26 heavy (non-hydrogen) atoms. The van der Waals surface area contributed by atoms with Crippen molar-refractivity contribution in [1.29, 1.82) is 0 Å². The summed E-state index contributed by atoms with van der Waals surface area (Å²) in [6.07, 6.45) is 6.24. The third-order valence-corrected chi connectivity index (χ3v) is 7.20. The van der Waals surface area contributed by atoms with E-state index in [-0.39, 0.29) is 36.6 Å². The maximum atomic E-state index is 6.39. The van der Waals surface area contributed by atoms with Crippen LogP contribution in [0.25, 0.3) is 0 Å². The standard InChI is InChI=1S/C20H36B2O4/c1-17(2)18(3,4)24-21(23-17)14-16(15-12-10-9-11-13-15)22-25-19(5,6)20(7,8)26-22/h14-15H,9-13H2,1-8H3/b16-14+. The van der Waals surface area contributed by atoms with Gasteiger partial charge in [0.1, 0.15) is 0 Å². The van der Waals surface area contributed by atoms with E-state index in [2.05, 4.69) is 61.4 Å². The molecule has 1 saturated carbocycles. The fourth-order valence-corrected chi connectivity index (χ4v) is 3.94. The zero-order chi connectivity index (χ0) is 19.4. The van der Waals surface area contributed by atoms with E-state index in [1.165, 1.54) is 37.6 Å². The maximum Gasteiger partial charge on any atom is 0.489 e. The lowest BCUT2D eigenvalue weighted by Crippen LogP contribution is -2.41. The molecule has 0 radical (unpaired) electrons. The van der Waals surface area contributed by atoms with E-state index in [9.17, 15) is 0 Å². The molecule has 1 aliphatic carbocycles. The van der Waals surface area contributed by atoms with E-state index < -0.39 is 0 Å². The van der Waals surface area contributed by atoms with Crippen LogP contribution in [-0.4, -0.2) is 36.6 Å². The predicted octanol–water partition coefficient (Wildman–Crippen LogP) is 4.76. The molecule has 3 rings (SSSR count). The quantitative estimate of drug-likeness (QED) is 0.679. The topological polar surface area (TPSA) is 36.9 Å². The Hall–Kier alpha value is -0.290. The van der Waals surface area contributed by atoms with E-state index in [1.807, 2.05) is 0 Å². The number of hydrogen-bond acceptors (Lipinski definition) is 4. The van der Waals surface area contributed by atoms with Crippen LogP contribution in [0.5, 0.6) is 0 Å². The molecule has 0 unspecified atom stereocenters.